The lowest BCUT2D eigenvalue weighted by Crippen LogP contribution is -2.52. The number of fused-ring (bicyclic) bond motifs is 5. The molecule has 0 amide bonds. The van der Waals surface area contributed by atoms with E-state index in [1.54, 1.807) is 12.5 Å². The van der Waals surface area contributed by atoms with Crippen LogP contribution < -0.4 is 5.32 Å². The van der Waals surface area contributed by atoms with E-state index in [0.717, 1.165) is 30.6 Å². The summed E-state index contributed by atoms with van der Waals surface area (Å²) in [6, 6.07) is 4.11. The Hall–Kier alpha value is -1.94. The zero-order valence-corrected chi connectivity index (χ0v) is 19.1. The van der Waals surface area contributed by atoms with Crippen molar-refractivity contribution in [2.75, 3.05) is 0 Å². The molecule has 4 heteroatoms. The minimum absolute atomic E-state index is 0.265. The van der Waals surface area contributed by atoms with Gasteiger partial charge in [0.15, 0.2) is 0 Å². The number of hydrogen-bond acceptors (Lipinski definition) is 3. The largest absolute Gasteiger partial charge is 0.480 e. The van der Waals surface area contributed by atoms with Crippen molar-refractivity contribution in [1.82, 2.24) is 10.3 Å². The molecule has 1 heterocycles. The molecule has 31 heavy (non-hydrogen) atoms. The second-order valence-corrected chi connectivity index (χ2v) is 11.0. The summed E-state index contributed by atoms with van der Waals surface area (Å²) in [6.45, 7) is 6.78. The fraction of sp³-hybridized carbons (Fsp3) is 0.630. The minimum Gasteiger partial charge on any atom is -0.480 e. The molecule has 4 nitrogen and oxygen atoms in total. The Morgan fingerprint density at radius 2 is 1.97 bits per heavy atom. The monoisotopic (exact) mass is 420 g/mol. The van der Waals surface area contributed by atoms with Crippen LogP contribution in [-0.2, 0) is 4.79 Å². The van der Waals surface area contributed by atoms with Crippen LogP contribution >= 0.6 is 0 Å². The maximum absolute atomic E-state index is 11.3. The molecule has 1 aromatic rings. The Morgan fingerprint density at radius 1 is 1.16 bits per heavy atom. The molecule has 0 bridgehead atoms. The van der Waals surface area contributed by atoms with Crippen LogP contribution in [0.15, 0.2) is 42.3 Å². The summed E-state index contributed by atoms with van der Waals surface area (Å²) in [5.74, 6) is 1.47. The van der Waals surface area contributed by atoms with E-state index >= 15 is 0 Å². The number of allylic oxidation sites excluding steroid dienone is 3. The number of carbonyl (C=O) groups is 1. The van der Waals surface area contributed by atoms with Crippen molar-refractivity contribution in [3.05, 3.63) is 47.8 Å². The zero-order chi connectivity index (χ0) is 21.8. The lowest BCUT2D eigenvalue weighted by molar-refractivity contribution is -0.139. The second kappa shape index (κ2) is 7.58. The highest BCUT2D eigenvalue weighted by atomic mass is 16.4. The molecule has 2 unspecified atom stereocenters. The first-order valence-electron chi connectivity index (χ1n) is 12.1. The van der Waals surface area contributed by atoms with Crippen molar-refractivity contribution >= 4 is 11.5 Å². The van der Waals surface area contributed by atoms with E-state index in [1.807, 2.05) is 12.4 Å². The van der Waals surface area contributed by atoms with Gasteiger partial charge in [-0.2, -0.15) is 0 Å². The van der Waals surface area contributed by atoms with Crippen LogP contribution in [0.4, 0.5) is 0 Å². The summed E-state index contributed by atoms with van der Waals surface area (Å²) in [6.07, 6.45) is 17.2. The number of pyridine rings is 1. The van der Waals surface area contributed by atoms with Gasteiger partial charge in [-0.25, -0.2) is 0 Å². The first-order chi connectivity index (χ1) is 14.8. The molecule has 0 spiro atoms. The molecule has 5 rings (SSSR count). The molecule has 0 radical (unpaired) electrons. The van der Waals surface area contributed by atoms with Gasteiger partial charge in [0.2, 0.25) is 0 Å². The number of carboxylic acids is 1. The predicted molar refractivity (Wildman–Crippen MR) is 123 cm³/mol. The van der Waals surface area contributed by atoms with Gasteiger partial charge >= 0.3 is 5.97 Å². The molecule has 0 aromatic carbocycles. The van der Waals surface area contributed by atoms with Crippen molar-refractivity contribution in [1.29, 1.82) is 0 Å². The number of nitrogens with zero attached hydrogens (tertiary/aromatic N) is 1. The van der Waals surface area contributed by atoms with Crippen LogP contribution in [0.2, 0.25) is 0 Å². The second-order valence-electron chi connectivity index (χ2n) is 11.0. The normalized spacial score (nSPS) is 40.1. The third-order valence-corrected chi connectivity index (χ3v) is 9.51. The average Bonchev–Trinajstić information content (AvgIpc) is 3.11. The summed E-state index contributed by atoms with van der Waals surface area (Å²) >= 11 is 0. The lowest BCUT2D eigenvalue weighted by Gasteiger charge is -2.58. The van der Waals surface area contributed by atoms with Crippen molar-refractivity contribution < 1.29 is 9.90 Å². The van der Waals surface area contributed by atoms with E-state index in [-0.39, 0.29) is 10.8 Å². The number of nitrogens with one attached hydrogen (secondary N) is 1. The standard InChI is InChI=1S/C27H36N2O2/c1-17(25(30)31)29-20-10-12-26(2)19(15-20)6-7-21-23-9-8-22(18-5-4-14-28-16-18)27(23,3)13-11-24(21)26/h4-6,8,14,16-17,20-21,23-24,29H,7,9-13,15H2,1-3H3,(H,30,31)/t17?,20?,21-,23-,24-,26-,27+/m0/s1. The Labute approximate surface area is 186 Å². The van der Waals surface area contributed by atoms with Gasteiger partial charge in [0, 0.05) is 18.4 Å². The Morgan fingerprint density at radius 3 is 2.71 bits per heavy atom. The molecule has 0 aliphatic heterocycles. The van der Waals surface area contributed by atoms with E-state index in [2.05, 4.69) is 48.4 Å². The molecule has 2 fully saturated rings. The highest BCUT2D eigenvalue weighted by Gasteiger charge is 2.56. The van der Waals surface area contributed by atoms with Crippen molar-refractivity contribution in [3.8, 4) is 0 Å². The molecule has 7 atom stereocenters. The summed E-state index contributed by atoms with van der Waals surface area (Å²) in [5, 5.41) is 12.6. The molecule has 2 saturated carbocycles. The van der Waals surface area contributed by atoms with E-state index in [9.17, 15) is 9.90 Å². The number of carboxylic acid groups (broad SMARTS) is 1. The maximum atomic E-state index is 11.3. The third-order valence-electron chi connectivity index (χ3n) is 9.51. The molecule has 2 N–H and O–H groups in total. The molecular formula is C27H36N2O2. The Balaban J connectivity index is 1.37. The molecule has 4 aliphatic rings. The van der Waals surface area contributed by atoms with Crippen LogP contribution in [0.5, 0.6) is 0 Å². The summed E-state index contributed by atoms with van der Waals surface area (Å²) in [4.78, 5) is 15.7. The van der Waals surface area contributed by atoms with Gasteiger partial charge in [0.05, 0.1) is 0 Å². The highest BCUT2D eigenvalue weighted by molar-refractivity contribution is 5.73. The number of hydrogen-bond donors (Lipinski definition) is 2. The highest BCUT2D eigenvalue weighted by Crippen LogP contribution is 2.66. The lowest BCUT2D eigenvalue weighted by atomic mass is 9.47. The van der Waals surface area contributed by atoms with Crippen LogP contribution in [0.3, 0.4) is 0 Å². The SMILES string of the molecule is CC(NC1CC[C@@]2(C)C(=CC[C@@H]3[C@@H]2CC[C@]2(C)C(c4cccnc4)=CC[C@@H]32)C1)C(=O)O. The van der Waals surface area contributed by atoms with Crippen molar-refractivity contribution in [2.45, 2.75) is 77.8 Å². The molecular weight excluding hydrogens is 384 g/mol. The van der Waals surface area contributed by atoms with E-state index in [0.29, 0.717) is 6.04 Å². The quantitative estimate of drug-likeness (QED) is 0.634. The minimum atomic E-state index is -0.754. The summed E-state index contributed by atoms with van der Waals surface area (Å²) in [5.41, 5.74) is 4.98. The third kappa shape index (κ3) is 3.29. The van der Waals surface area contributed by atoms with Gasteiger partial charge in [0.1, 0.15) is 6.04 Å². The Kier molecular flexibility index (Phi) is 5.12. The van der Waals surface area contributed by atoms with E-state index in [1.165, 1.54) is 43.2 Å². The van der Waals surface area contributed by atoms with Crippen LogP contribution in [0, 0.1) is 28.6 Å². The molecule has 1 aromatic heterocycles. The van der Waals surface area contributed by atoms with Crippen LogP contribution in [-0.4, -0.2) is 28.1 Å². The predicted octanol–water partition coefficient (Wildman–Crippen LogP) is 5.47. The summed E-state index contributed by atoms with van der Waals surface area (Å²) < 4.78 is 0. The zero-order valence-electron chi connectivity index (χ0n) is 19.1. The maximum Gasteiger partial charge on any atom is 0.320 e. The number of rotatable bonds is 4. The fourth-order valence-electron chi connectivity index (χ4n) is 7.77. The number of aromatic nitrogens is 1. The van der Waals surface area contributed by atoms with E-state index < -0.39 is 12.0 Å². The summed E-state index contributed by atoms with van der Waals surface area (Å²) in [7, 11) is 0. The van der Waals surface area contributed by atoms with Crippen molar-refractivity contribution in [2.24, 2.45) is 28.6 Å². The first-order valence-corrected chi connectivity index (χ1v) is 12.1. The van der Waals surface area contributed by atoms with Gasteiger partial charge in [0.25, 0.3) is 0 Å². The van der Waals surface area contributed by atoms with Crippen LogP contribution in [0.1, 0.15) is 71.3 Å². The van der Waals surface area contributed by atoms with Crippen molar-refractivity contribution in [3.63, 3.8) is 0 Å². The molecule has 0 saturated heterocycles. The van der Waals surface area contributed by atoms with Gasteiger partial charge < -0.3 is 10.4 Å². The molecule has 4 aliphatic carbocycles. The van der Waals surface area contributed by atoms with Gasteiger partial charge in [-0.05, 0) is 97.7 Å². The Bertz CT molecular complexity index is 922. The fourth-order valence-corrected chi connectivity index (χ4v) is 7.77. The van der Waals surface area contributed by atoms with Gasteiger partial charge in [-0.3, -0.25) is 9.78 Å². The number of aliphatic carboxylic acids is 1. The van der Waals surface area contributed by atoms with E-state index in [4.69, 9.17) is 0 Å². The smallest absolute Gasteiger partial charge is 0.320 e. The molecule has 166 valence electrons. The topological polar surface area (TPSA) is 62.2 Å². The van der Waals surface area contributed by atoms with Gasteiger partial charge in [-0.15, -0.1) is 0 Å². The van der Waals surface area contributed by atoms with Gasteiger partial charge in [-0.1, -0.05) is 37.6 Å². The first kappa shape index (κ1) is 20.9. The van der Waals surface area contributed by atoms with Crippen LogP contribution in [0.25, 0.3) is 5.57 Å². The average molecular weight is 421 g/mol.